The van der Waals surface area contributed by atoms with Gasteiger partial charge in [0.15, 0.2) is 5.72 Å². The third kappa shape index (κ3) is 9.90. The lowest BCUT2D eigenvalue weighted by atomic mass is 9.83. The van der Waals surface area contributed by atoms with Gasteiger partial charge in [0.2, 0.25) is 11.8 Å². The molecule has 14 nitrogen and oxygen atoms in total. The van der Waals surface area contributed by atoms with E-state index in [4.69, 9.17) is 35.3 Å². The third-order valence-electron chi connectivity index (χ3n) is 10.7. The fourth-order valence-corrected chi connectivity index (χ4v) is 8.12. The molecule has 3 heterocycles. The number of esters is 1. The van der Waals surface area contributed by atoms with Gasteiger partial charge in [-0.25, -0.2) is 9.59 Å². The molecule has 0 saturated carbocycles. The van der Waals surface area contributed by atoms with Crippen molar-refractivity contribution >= 4 is 51.1 Å². The molecule has 3 amide bonds. The van der Waals surface area contributed by atoms with Crippen LogP contribution in [0.2, 0.25) is 5.02 Å². The van der Waals surface area contributed by atoms with E-state index in [1.54, 1.807) is 45.5 Å². The predicted octanol–water partition coefficient (Wildman–Crippen LogP) is 3.40. The van der Waals surface area contributed by atoms with Gasteiger partial charge in [-0.05, 0) is 70.2 Å². The van der Waals surface area contributed by atoms with Gasteiger partial charge in [-0.2, -0.15) is 0 Å². The number of nitrogens with one attached hydrogen (secondary N) is 1. The highest BCUT2D eigenvalue weighted by Gasteiger charge is 2.64. The van der Waals surface area contributed by atoms with Crippen molar-refractivity contribution in [1.29, 1.82) is 0 Å². The van der Waals surface area contributed by atoms with Crippen LogP contribution < -0.4 is 15.0 Å². The number of alkyl carbamates (subject to hydrolysis) is 1. The van der Waals surface area contributed by atoms with Crippen molar-refractivity contribution < 1.29 is 52.2 Å². The summed E-state index contributed by atoms with van der Waals surface area (Å²) >= 11 is 6.76. The molecule has 1 aromatic rings. The molecule has 2 fully saturated rings. The average molecular weight is 786 g/mol. The second kappa shape index (κ2) is 16.6. The fourth-order valence-electron chi connectivity index (χ4n) is 7.08. The van der Waals surface area contributed by atoms with Crippen LogP contribution in [0.4, 0.5) is 10.5 Å². The van der Waals surface area contributed by atoms with Crippen molar-refractivity contribution in [2.24, 2.45) is 5.92 Å². The summed E-state index contributed by atoms with van der Waals surface area (Å²) < 4.78 is 41.5. The van der Waals surface area contributed by atoms with Crippen molar-refractivity contribution in [3.8, 4) is 5.75 Å². The molecule has 16 heteroatoms. The molecule has 2 saturated heterocycles. The van der Waals surface area contributed by atoms with Gasteiger partial charge >= 0.3 is 12.1 Å². The number of fused-ring (bicyclic) bond motifs is 5. The van der Waals surface area contributed by atoms with Gasteiger partial charge in [0, 0.05) is 45.7 Å². The van der Waals surface area contributed by atoms with Crippen LogP contribution in [0.3, 0.4) is 0 Å². The van der Waals surface area contributed by atoms with Crippen LogP contribution in [-0.2, 0) is 49.7 Å². The second-order valence-corrected chi connectivity index (χ2v) is 19.2. The lowest BCUT2D eigenvalue weighted by Crippen LogP contribution is -2.64. The Kier molecular flexibility index (Phi) is 13.3. The number of carbonyl (C=O) groups is 4. The standard InChI is InChI=1S/C37H56ClN3O11S/c1-21-12-11-13-28(49-8)37(46)20-27(50-35(45)39-37)22(2)33-36(4,52-33)29(51-34(44)23(3)40(5)30(42)14-15-53(9,10)47)19-31(43)41(6)25-17-24(16-21)18-26(48-7)32(25)38/h12,17-18,22-23,27-29,33,46,53H,11,13-16,19-20H2,1-10H3,(H,39,45)/b21-12+/t22-,23+,27+,28-,29+,33+,36+,37+/m1/s1. The number of nitrogens with zero attached hydrogens (tertiary/aromatic N) is 2. The number of hydrogen-bond acceptors (Lipinski definition) is 11. The molecule has 4 bridgehead atoms. The minimum absolute atomic E-state index is 0.00460. The maximum Gasteiger partial charge on any atom is 0.409 e. The Morgan fingerprint density at radius 2 is 1.91 bits per heavy atom. The quantitative estimate of drug-likeness (QED) is 0.153. The van der Waals surface area contributed by atoms with Gasteiger partial charge in [0.25, 0.3) is 0 Å². The topological polar surface area (TPSA) is 174 Å². The molecule has 3 aliphatic heterocycles. The summed E-state index contributed by atoms with van der Waals surface area (Å²) in [4.78, 5) is 56.3. The summed E-state index contributed by atoms with van der Waals surface area (Å²) in [5.41, 5.74) is -0.756. The number of epoxide rings is 1. The van der Waals surface area contributed by atoms with Crippen LogP contribution in [-0.4, -0.2) is 126 Å². The number of carbonyl (C=O) groups excluding carboxylic acids is 4. The molecule has 3 aliphatic rings. The lowest BCUT2D eigenvalue weighted by molar-refractivity contribution is -0.162. The molecule has 4 rings (SSSR count). The number of hydrogen-bond donors (Lipinski definition) is 3. The summed E-state index contributed by atoms with van der Waals surface area (Å²) in [5, 5.41) is 14.5. The van der Waals surface area contributed by atoms with Crippen LogP contribution in [0.5, 0.6) is 5.75 Å². The van der Waals surface area contributed by atoms with E-state index in [0.29, 0.717) is 30.7 Å². The van der Waals surface area contributed by atoms with E-state index < -0.39 is 75.6 Å². The Morgan fingerprint density at radius 3 is 2.53 bits per heavy atom. The Labute approximate surface area is 318 Å². The molecule has 1 aromatic carbocycles. The maximum atomic E-state index is 14.1. The van der Waals surface area contributed by atoms with Crippen LogP contribution in [0.15, 0.2) is 23.8 Å². The van der Waals surface area contributed by atoms with Crippen LogP contribution in [0.25, 0.3) is 0 Å². The maximum absolute atomic E-state index is 14.1. The number of likely N-dealkylation sites (N-methyl/N-ethyl adjacent to an activating group) is 1. The molecule has 53 heavy (non-hydrogen) atoms. The summed E-state index contributed by atoms with van der Waals surface area (Å²) in [6, 6.07) is 2.56. The van der Waals surface area contributed by atoms with E-state index in [9.17, 15) is 28.5 Å². The van der Waals surface area contributed by atoms with Gasteiger partial charge < -0.3 is 38.6 Å². The normalized spacial score (nSPS) is 31.5. The van der Waals surface area contributed by atoms with Gasteiger partial charge in [0.1, 0.15) is 40.7 Å². The molecule has 0 radical (unpaired) electrons. The number of aliphatic hydroxyl groups is 1. The molecule has 298 valence electrons. The van der Waals surface area contributed by atoms with Crippen molar-refractivity contribution in [1.82, 2.24) is 10.2 Å². The summed E-state index contributed by atoms with van der Waals surface area (Å²) in [6.07, 6.45) is 2.06. The molecular formula is C37H56ClN3O11S. The zero-order valence-corrected chi connectivity index (χ0v) is 34.0. The third-order valence-corrected chi connectivity index (χ3v) is 12.4. The molecule has 0 unspecified atom stereocenters. The minimum Gasteiger partial charge on any atom is -0.495 e. The first-order valence-electron chi connectivity index (χ1n) is 17.8. The number of anilines is 1. The molecular weight excluding hydrogens is 730 g/mol. The van der Waals surface area contributed by atoms with E-state index >= 15 is 0 Å². The molecule has 0 aromatic heterocycles. The number of halogens is 1. The second-order valence-electron chi connectivity index (χ2n) is 15.2. The number of rotatable bonds is 8. The van der Waals surface area contributed by atoms with E-state index in [1.807, 2.05) is 13.0 Å². The smallest absolute Gasteiger partial charge is 0.409 e. The molecule has 0 aliphatic carbocycles. The van der Waals surface area contributed by atoms with Crippen LogP contribution >= 0.6 is 11.6 Å². The Morgan fingerprint density at radius 1 is 1.23 bits per heavy atom. The highest BCUT2D eigenvalue weighted by atomic mass is 35.5. The number of thiol groups is 1. The summed E-state index contributed by atoms with van der Waals surface area (Å²) in [7, 11) is 3.54. The summed E-state index contributed by atoms with van der Waals surface area (Å²) in [5.74, 6) is -1.54. The van der Waals surface area contributed by atoms with Gasteiger partial charge in [-0.1, -0.05) is 30.2 Å². The first kappa shape index (κ1) is 42.5. The zero-order chi connectivity index (χ0) is 39.6. The molecule has 0 spiro atoms. The Balaban J connectivity index is 1.73. The molecule has 2 N–H and O–H groups in total. The number of amides is 3. The van der Waals surface area contributed by atoms with Crippen LogP contribution in [0, 0.1) is 5.92 Å². The number of allylic oxidation sites excluding steroid dienone is 2. The van der Waals surface area contributed by atoms with E-state index in [1.165, 1.54) is 38.0 Å². The monoisotopic (exact) mass is 785 g/mol. The number of methoxy groups -OCH3 is 2. The van der Waals surface area contributed by atoms with E-state index in [-0.39, 0.29) is 35.9 Å². The van der Waals surface area contributed by atoms with Gasteiger partial charge in [-0.15, -0.1) is 9.93 Å². The fraction of sp³-hybridized carbons (Fsp3) is 0.676. The van der Waals surface area contributed by atoms with Gasteiger partial charge in [-0.3, -0.25) is 19.1 Å². The first-order valence-corrected chi connectivity index (χ1v) is 21.0. The van der Waals surface area contributed by atoms with Crippen molar-refractivity contribution in [2.45, 2.75) is 108 Å². The predicted molar refractivity (Wildman–Crippen MR) is 202 cm³/mol. The van der Waals surface area contributed by atoms with E-state index in [0.717, 1.165) is 11.1 Å². The number of ether oxygens (including phenoxy) is 5. The van der Waals surface area contributed by atoms with Crippen molar-refractivity contribution in [3.63, 3.8) is 0 Å². The Bertz CT molecular complexity index is 1650. The lowest BCUT2D eigenvalue weighted by Gasteiger charge is -2.43. The van der Waals surface area contributed by atoms with Crippen molar-refractivity contribution in [3.05, 3.63) is 34.4 Å². The van der Waals surface area contributed by atoms with Gasteiger partial charge in [0.05, 0.1) is 25.3 Å². The van der Waals surface area contributed by atoms with E-state index in [2.05, 4.69) is 5.32 Å². The zero-order valence-electron chi connectivity index (χ0n) is 32.4. The largest absolute Gasteiger partial charge is 0.495 e. The summed E-state index contributed by atoms with van der Waals surface area (Å²) in [6.45, 7) is 6.99. The van der Waals surface area contributed by atoms with Crippen LogP contribution in [0.1, 0.15) is 65.4 Å². The highest BCUT2D eigenvalue weighted by molar-refractivity contribution is 8.01. The number of benzene rings is 1. The highest BCUT2D eigenvalue weighted by Crippen LogP contribution is 2.49. The average Bonchev–Trinajstić information content (AvgIpc) is 3.78. The van der Waals surface area contributed by atoms with Crippen molar-refractivity contribution in [2.75, 3.05) is 51.5 Å². The first-order chi connectivity index (χ1) is 24.6. The molecule has 8 atom stereocenters. The Hall–Kier alpha value is -3.24. The SMILES string of the molecule is COc1cc2cc(c1Cl)N(C)C(=O)C[C@H](OC(=O)[C@H](C)N(C)C(=O)CC[SH](C)(C)=O)[C@]1(C)O[C@H]1[C@H](C)[C@@H]1C[C@@](O)(NC(=O)O1)[C@H](OC)CC/C=C(\C)C2. The minimum atomic E-state index is -2.47.